The summed E-state index contributed by atoms with van der Waals surface area (Å²) in [4.78, 5) is 7.28. The van der Waals surface area contributed by atoms with Gasteiger partial charge in [-0.05, 0) is 43.0 Å². The lowest BCUT2D eigenvalue weighted by atomic mass is 10.0. The molecule has 3 aromatic rings. The van der Waals surface area contributed by atoms with Crippen LogP contribution in [0.1, 0.15) is 22.9 Å². The molecule has 1 aliphatic heterocycles. The summed E-state index contributed by atoms with van der Waals surface area (Å²) in [6.07, 6.45) is 0. The van der Waals surface area contributed by atoms with Crippen molar-refractivity contribution in [3.8, 4) is 11.5 Å². The number of hydrogen-bond donors (Lipinski definition) is 1. The van der Waals surface area contributed by atoms with Crippen molar-refractivity contribution in [3.63, 3.8) is 0 Å². The first kappa shape index (κ1) is 18.6. The number of nitrogens with one attached hydrogen (secondary N) is 1. The zero-order valence-electron chi connectivity index (χ0n) is 17.0. The van der Waals surface area contributed by atoms with E-state index in [2.05, 4.69) is 47.5 Å². The fourth-order valence-corrected chi connectivity index (χ4v) is 3.90. The van der Waals surface area contributed by atoms with Crippen molar-refractivity contribution >= 4 is 16.6 Å². The van der Waals surface area contributed by atoms with Crippen LogP contribution in [0.4, 0.5) is 5.82 Å². The van der Waals surface area contributed by atoms with Crippen molar-refractivity contribution in [1.82, 2.24) is 10.3 Å². The Kier molecular flexibility index (Phi) is 5.09. The second-order valence-electron chi connectivity index (χ2n) is 7.38. The monoisotopic (exact) mass is 377 g/mol. The molecule has 4 rings (SSSR count). The average molecular weight is 377 g/mol. The van der Waals surface area contributed by atoms with Gasteiger partial charge in [-0.3, -0.25) is 0 Å². The highest BCUT2D eigenvalue weighted by molar-refractivity contribution is 5.95. The maximum Gasteiger partial charge on any atom is 0.161 e. The van der Waals surface area contributed by atoms with E-state index >= 15 is 0 Å². The lowest BCUT2D eigenvalue weighted by Gasteiger charge is -2.35. The van der Waals surface area contributed by atoms with Gasteiger partial charge >= 0.3 is 0 Å². The number of aryl methyl sites for hydroxylation is 2. The molecule has 1 fully saturated rings. The smallest absolute Gasteiger partial charge is 0.161 e. The Morgan fingerprint density at radius 1 is 1.00 bits per heavy atom. The molecule has 1 atom stereocenters. The Hall–Kier alpha value is -2.79. The van der Waals surface area contributed by atoms with Gasteiger partial charge in [0.2, 0.25) is 0 Å². The first-order valence-electron chi connectivity index (χ1n) is 9.67. The summed E-state index contributed by atoms with van der Waals surface area (Å²) in [5, 5.41) is 5.85. The SMILES string of the molecule is COc1cc2cc(C)nc(N3CCNC(c4ccc(C)cc4)C3)c2cc1OC. The molecule has 1 aromatic heterocycles. The van der Waals surface area contributed by atoms with Gasteiger partial charge in [0.25, 0.3) is 0 Å². The van der Waals surface area contributed by atoms with E-state index in [0.29, 0.717) is 0 Å². The number of anilines is 1. The maximum atomic E-state index is 5.53. The van der Waals surface area contributed by atoms with Gasteiger partial charge in [-0.2, -0.15) is 0 Å². The fraction of sp³-hybridized carbons (Fsp3) is 0.348. The van der Waals surface area contributed by atoms with Crippen molar-refractivity contribution in [2.45, 2.75) is 19.9 Å². The second kappa shape index (κ2) is 7.68. The van der Waals surface area contributed by atoms with Crippen LogP contribution in [0, 0.1) is 13.8 Å². The van der Waals surface area contributed by atoms with E-state index in [4.69, 9.17) is 14.5 Å². The molecule has 2 aromatic carbocycles. The molecule has 28 heavy (non-hydrogen) atoms. The Morgan fingerprint density at radius 2 is 1.71 bits per heavy atom. The van der Waals surface area contributed by atoms with Gasteiger partial charge in [0.05, 0.1) is 14.2 Å². The minimum Gasteiger partial charge on any atom is -0.493 e. The molecular weight excluding hydrogens is 350 g/mol. The summed E-state index contributed by atoms with van der Waals surface area (Å²) in [6, 6.07) is 15.2. The molecule has 146 valence electrons. The molecule has 5 heteroatoms. The van der Waals surface area contributed by atoms with Crippen LogP contribution in [0.5, 0.6) is 11.5 Å². The van der Waals surface area contributed by atoms with Crippen LogP contribution < -0.4 is 19.7 Å². The molecule has 1 unspecified atom stereocenters. The first-order valence-corrected chi connectivity index (χ1v) is 9.67. The van der Waals surface area contributed by atoms with Crippen LogP contribution in [0.3, 0.4) is 0 Å². The van der Waals surface area contributed by atoms with Crippen LogP contribution in [-0.2, 0) is 0 Å². The number of methoxy groups -OCH3 is 2. The molecule has 0 bridgehead atoms. The number of piperazine rings is 1. The van der Waals surface area contributed by atoms with Gasteiger partial charge in [-0.15, -0.1) is 0 Å². The minimum absolute atomic E-state index is 0.284. The number of ether oxygens (including phenoxy) is 2. The number of nitrogens with zero attached hydrogens (tertiary/aromatic N) is 2. The summed E-state index contributed by atoms with van der Waals surface area (Å²) in [7, 11) is 3.34. The van der Waals surface area contributed by atoms with E-state index < -0.39 is 0 Å². The van der Waals surface area contributed by atoms with Crippen LogP contribution in [0.25, 0.3) is 10.8 Å². The second-order valence-corrected chi connectivity index (χ2v) is 7.38. The minimum atomic E-state index is 0.284. The molecule has 1 aliphatic rings. The zero-order chi connectivity index (χ0) is 19.7. The van der Waals surface area contributed by atoms with E-state index in [1.807, 2.05) is 19.1 Å². The third-order valence-electron chi connectivity index (χ3n) is 5.40. The highest BCUT2D eigenvalue weighted by Crippen LogP contribution is 2.37. The number of aromatic nitrogens is 1. The normalized spacial score (nSPS) is 17.0. The lowest BCUT2D eigenvalue weighted by Crippen LogP contribution is -2.46. The van der Waals surface area contributed by atoms with Crippen LogP contribution in [0.2, 0.25) is 0 Å². The number of benzene rings is 2. The van der Waals surface area contributed by atoms with Crippen LogP contribution in [0.15, 0.2) is 42.5 Å². The topological polar surface area (TPSA) is 46.6 Å². The molecule has 1 N–H and O–H groups in total. The van der Waals surface area contributed by atoms with Crippen molar-refractivity contribution in [1.29, 1.82) is 0 Å². The predicted octanol–water partition coefficient (Wildman–Crippen LogP) is 4.02. The standard InChI is InChI=1S/C23H27N3O2/c1-15-5-7-17(8-6-15)20-14-26(10-9-24-20)23-19-13-22(28-4)21(27-3)12-18(19)11-16(2)25-23/h5-8,11-13,20,24H,9-10,14H2,1-4H3. The van der Waals surface area contributed by atoms with Crippen molar-refractivity contribution in [2.24, 2.45) is 0 Å². The Morgan fingerprint density at radius 3 is 2.43 bits per heavy atom. The molecule has 5 nitrogen and oxygen atoms in total. The van der Waals surface area contributed by atoms with E-state index in [-0.39, 0.29) is 6.04 Å². The fourth-order valence-electron chi connectivity index (χ4n) is 3.90. The van der Waals surface area contributed by atoms with Gasteiger partial charge in [-0.25, -0.2) is 4.98 Å². The molecule has 0 spiro atoms. The van der Waals surface area contributed by atoms with Crippen molar-refractivity contribution < 1.29 is 9.47 Å². The molecule has 2 heterocycles. The third kappa shape index (κ3) is 3.50. The number of rotatable bonds is 4. The first-order chi connectivity index (χ1) is 13.6. The average Bonchev–Trinajstić information content (AvgIpc) is 2.72. The zero-order valence-corrected chi connectivity index (χ0v) is 17.0. The predicted molar refractivity (Wildman–Crippen MR) is 114 cm³/mol. The third-order valence-corrected chi connectivity index (χ3v) is 5.40. The summed E-state index contributed by atoms with van der Waals surface area (Å²) < 4.78 is 11.0. The number of pyridine rings is 1. The Labute approximate surface area is 166 Å². The Balaban J connectivity index is 1.73. The van der Waals surface area contributed by atoms with Gasteiger partial charge in [0.1, 0.15) is 5.82 Å². The number of hydrogen-bond acceptors (Lipinski definition) is 5. The van der Waals surface area contributed by atoms with E-state index in [9.17, 15) is 0 Å². The maximum absolute atomic E-state index is 5.53. The molecule has 1 saturated heterocycles. The van der Waals surface area contributed by atoms with Gasteiger partial charge in [-0.1, -0.05) is 29.8 Å². The molecule has 0 aliphatic carbocycles. The summed E-state index contributed by atoms with van der Waals surface area (Å²) >= 11 is 0. The van der Waals surface area contributed by atoms with Crippen molar-refractivity contribution in [2.75, 3.05) is 38.8 Å². The largest absolute Gasteiger partial charge is 0.493 e. The van der Waals surface area contributed by atoms with E-state index in [1.54, 1.807) is 14.2 Å². The molecule has 0 amide bonds. The van der Waals surface area contributed by atoms with Gasteiger partial charge < -0.3 is 19.7 Å². The van der Waals surface area contributed by atoms with Crippen LogP contribution in [-0.4, -0.2) is 38.8 Å². The summed E-state index contributed by atoms with van der Waals surface area (Å²) in [5.41, 5.74) is 3.59. The quantitative estimate of drug-likeness (QED) is 0.744. The van der Waals surface area contributed by atoms with Gasteiger partial charge in [0, 0.05) is 36.8 Å². The molecule has 0 radical (unpaired) electrons. The number of fused-ring (bicyclic) bond motifs is 1. The highest BCUT2D eigenvalue weighted by atomic mass is 16.5. The van der Waals surface area contributed by atoms with Crippen LogP contribution >= 0.6 is 0 Å². The molecular formula is C23H27N3O2. The van der Waals surface area contributed by atoms with Gasteiger partial charge in [0.15, 0.2) is 11.5 Å². The van der Waals surface area contributed by atoms with E-state index in [1.165, 1.54) is 11.1 Å². The highest BCUT2D eigenvalue weighted by Gasteiger charge is 2.24. The Bertz CT molecular complexity index is 985. The summed E-state index contributed by atoms with van der Waals surface area (Å²) in [6.45, 7) is 6.88. The van der Waals surface area contributed by atoms with Crippen molar-refractivity contribution in [3.05, 3.63) is 59.3 Å². The summed E-state index contributed by atoms with van der Waals surface area (Å²) in [5.74, 6) is 2.48. The molecule has 0 saturated carbocycles. The van der Waals surface area contributed by atoms with E-state index in [0.717, 1.165) is 53.4 Å². The lowest BCUT2D eigenvalue weighted by molar-refractivity contribution is 0.356.